The van der Waals surface area contributed by atoms with Gasteiger partial charge in [0.1, 0.15) is 5.60 Å². The van der Waals surface area contributed by atoms with Crippen LogP contribution in [0.25, 0.3) is 0 Å². The number of rotatable bonds is 4. The molecule has 0 aliphatic carbocycles. The number of benzene rings is 1. The number of hydrogen-bond acceptors (Lipinski definition) is 4. The lowest BCUT2D eigenvalue weighted by molar-refractivity contribution is 0.0636. The first-order chi connectivity index (χ1) is 9.26. The van der Waals surface area contributed by atoms with Gasteiger partial charge in [0.05, 0.1) is 12.3 Å². The molecule has 1 rings (SSSR count). The topological polar surface area (TPSA) is 84.6 Å². The predicted octanol–water partition coefficient (Wildman–Crippen LogP) is 2.83. The van der Waals surface area contributed by atoms with Crippen LogP contribution in [0.1, 0.15) is 32.3 Å². The van der Waals surface area contributed by atoms with E-state index in [0.29, 0.717) is 12.2 Å². The average molecular weight is 345 g/mol. The second-order valence-corrected chi connectivity index (χ2v) is 6.34. The number of aliphatic hydroxyl groups is 1. The fraction of sp³-hybridized carbons (Fsp3) is 0.500. The van der Waals surface area contributed by atoms with Crippen molar-refractivity contribution >= 4 is 27.7 Å². The Hall–Kier alpha value is -1.11. The standard InChI is InChI=1S/C14H21BrN2O3/c1-14(2,3)20-13(19)17-12-6-9(4-5-11(12)15)10(7-16)8-18/h4-6,10,18H,7-8,16H2,1-3H3,(H,17,19). The molecule has 0 spiro atoms. The van der Waals surface area contributed by atoms with Gasteiger partial charge in [-0.1, -0.05) is 6.07 Å². The zero-order valence-corrected chi connectivity index (χ0v) is 13.5. The van der Waals surface area contributed by atoms with Crippen LogP contribution in [-0.2, 0) is 4.74 Å². The number of aliphatic hydroxyl groups excluding tert-OH is 1. The summed E-state index contributed by atoms with van der Waals surface area (Å²) in [7, 11) is 0. The summed E-state index contributed by atoms with van der Waals surface area (Å²) in [5, 5.41) is 12.0. The van der Waals surface area contributed by atoms with E-state index in [9.17, 15) is 9.90 Å². The summed E-state index contributed by atoms with van der Waals surface area (Å²) in [5.41, 5.74) is 6.50. The molecular weight excluding hydrogens is 324 g/mol. The summed E-state index contributed by atoms with van der Waals surface area (Å²) in [6.45, 7) is 5.70. The van der Waals surface area contributed by atoms with E-state index in [2.05, 4.69) is 21.2 Å². The van der Waals surface area contributed by atoms with Gasteiger partial charge in [0, 0.05) is 16.9 Å². The molecule has 6 heteroatoms. The highest BCUT2D eigenvalue weighted by Crippen LogP contribution is 2.27. The maximum atomic E-state index is 11.8. The molecule has 112 valence electrons. The summed E-state index contributed by atoms with van der Waals surface area (Å²) in [6, 6.07) is 5.44. The maximum Gasteiger partial charge on any atom is 0.412 e. The Kier molecular flexibility index (Phi) is 5.98. The largest absolute Gasteiger partial charge is 0.444 e. The molecule has 20 heavy (non-hydrogen) atoms. The third kappa shape index (κ3) is 5.11. The molecule has 5 nitrogen and oxygen atoms in total. The van der Waals surface area contributed by atoms with Gasteiger partial charge < -0.3 is 15.6 Å². The van der Waals surface area contributed by atoms with Crippen LogP contribution < -0.4 is 11.1 Å². The van der Waals surface area contributed by atoms with Gasteiger partial charge in [-0.05, 0) is 54.4 Å². The predicted molar refractivity (Wildman–Crippen MR) is 82.9 cm³/mol. The SMILES string of the molecule is CC(C)(C)OC(=O)Nc1cc(C(CN)CO)ccc1Br. The van der Waals surface area contributed by atoms with Gasteiger partial charge in [-0.3, -0.25) is 5.32 Å². The molecule has 0 fully saturated rings. The van der Waals surface area contributed by atoms with Crippen LogP contribution >= 0.6 is 15.9 Å². The van der Waals surface area contributed by atoms with E-state index in [1.54, 1.807) is 32.9 Å². The fourth-order valence-electron chi connectivity index (χ4n) is 1.62. The highest BCUT2D eigenvalue weighted by atomic mass is 79.9. The molecule has 0 saturated heterocycles. The Balaban J connectivity index is 2.89. The number of halogens is 1. The van der Waals surface area contributed by atoms with Crippen LogP contribution in [0.5, 0.6) is 0 Å². The minimum absolute atomic E-state index is 0.0377. The van der Waals surface area contributed by atoms with E-state index in [1.165, 1.54) is 0 Å². The Bertz CT molecular complexity index is 468. The number of amides is 1. The van der Waals surface area contributed by atoms with Crippen LogP contribution in [0.4, 0.5) is 10.5 Å². The summed E-state index contributed by atoms with van der Waals surface area (Å²) in [4.78, 5) is 11.8. The Morgan fingerprint density at radius 1 is 1.50 bits per heavy atom. The van der Waals surface area contributed by atoms with E-state index in [1.807, 2.05) is 6.07 Å². The normalized spacial score (nSPS) is 12.9. The van der Waals surface area contributed by atoms with Crippen LogP contribution in [-0.4, -0.2) is 30.0 Å². The molecule has 1 unspecified atom stereocenters. The molecule has 0 radical (unpaired) electrons. The Labute approximate surface area is 127 Å². The van der Waals surface area contributed by atoms with Crippen molar-refractivity contribution in [3.63, 3.8) is 0 Å². The van der Waals surface area contributed by atoms with Crippen LogP contribution in [0.3, 0.4) is 0 Å². The van der Waals surface area contributed by atoms with Gasteiger partial charge in [0.15, 0.2) is 0 Å². The quantitative estimate of drug-likeness (QED) is 0.783. The molecule has 1 amide bonds. The summed E-state index contributed by atoms with van der Waals surface area (Å²) in [6.07, 6.45) is -0.524. The third-order valence-corrected chi connectivity index (χ3v) is 3.29. The monoisotopic (exact) mass is 344 g/mol. The fourth-order valence-corrected chi connectivity index (χ4v) is 1.97. The number of ether oxygens (including phenoxy) is 1. The van der Waals surface area contributed by atoms with Crippen molar-refractivity contribution in [3.05, 3.63) is 28.2 Å². The van der Waals surface area contributed by atoms with Crippen molar-refractivity contribution in [2.24, 2.45) is 5.73 Å². The minimum Gasteiger partial charge on any atom is -0.444 e. The number of carbonyl (C=O) groups is 1. The van der Waals surface area contributed by atoms with Gasteiger partial charge in [0.2, 0.25) is 0 Å². The second-order valence-electron chi connectivity index (χ2n) is 5.48. The first kappa shape index (κ1) is 16.9. The molecule has 1 atom stereocenters. The molecular formula is C14H21BrN2O3. The van der Waals surface area contributed by atoms with Gasteiger partial charge >= 0.3 is 6.09 Å². The van der Waals surface area contributed by atoms with E-state index < -0.39 is 11.7 Å². The highest BCUT2D eigenvalue weighted by molar-refractivity contribution is 9.10. The van der Waals surface area contributed by atoms with Crippen molar-refractivity contribution in [1.29, 1.82) is 0 Å². The van der Waals surface area contributed by atoms with Gasteiger partial charge in [-0.2, -0.15) is 0 Å². The Morgan fingerprint density at radius 2 is 2.15 bits per heavy atom. The molecule has 0 aliphatic rings. The molecule has 0 heterocycles. The zero-order chi connectivity index (χ0) is 15.3. The zero-order valence-electron chi connectivity index (χ0n) is 11.9. The molecule has 1 aromatic rings. The van der Waals surface area contributed by atoms with Gasteiger partial charge in [-0.15, -0.1) is 0 Å². The number of nitrogens with two attached hydrogens (primary N) is 1. The van der Waals surface area contributed by atoms with E-state index in [0.717, 1.165) is 10.0 Å². The number of carbonyl (C=O) groups excluding carboxylic acids is 1. The van der Waals surface area contributed by atoms with E-state index in [4.69, 9.17) is 10.5 Å². The summed E-state index contributed by atoms with van der Waals surface area (Å²) < 4.78 is 5.94. The number of hydrogen-bond donors (Lipinski definition) is 3. The van der Waals surface area contributed by atoms with Crippen LogP contribution in [0.15, 0.2) is 22.7 Å². The molecule has 1 aromatic carbocycles. The van der Waals surface area contributed by atoms with Crippen molar-refractivity contribution in [1.82, 2.24) is 0 Å². The van der Waals surface area contributed by atoms with E-state index >= 15 is 0 Å². The lowest BCUT2D eigenvalue weighted by Crippen LogP contribution is -2.27. The second kappa shape index (κ2) is 7.06. The first-order valence-electron chi connectivity index (χ1n) is 6.37. The van der Waals surface area contributed by atoms with Gasteiger partial charge in [-0.25, -0.2) is 4.79 Å². The molecule has 0 saturated carbocycles. The van der Waals surface area contributed by atoms with Crippen molar-refractivity contribution in [2.45, 2.75) is 32.3 Å². The Morgan fingerprint density at radius 3 is 2.65 bits per heavy atom. The third-order valence-electron chi connectivity index (χ3n) is 2.60. The number of nitrogens with one attached hydrogen (secondary N) is 1. The highest BCUT2D eigenvalue weighted by Gasteiger charge is 2.18. The van der Waals surface area contributed by atoms with Crippen molar-refractivity contribution in [2.75, 3.05) is 18.5 Å². The lowest BCUT2D eigenvalue weighted by atomic mass is 10.00. The average Bonchev–Trinajstić information content (AvgIpc) is 2.32. The van der Waals surface area contributed by atoms with E-state index in [-0.39, 0.29) is 12.5 Å². The smallest absolute Gasteiger partial charge is 0.412 e. The minimum atomic E-state index is -0.556. The van der Waals surface area contributed by atoms with Crippen LogP contribution in [0, 0.1) is 0 Å². The number of anilines is 1. The summed E-state index contributed by atoms with van der Waals surface area (Å²) >= 11 is 3.37. The van der Waals surface area contributed by atoms with Gasteiger partial charge in [0.25, 0.3) is 0 Å². The summed E-state index contributed by atoms with van der Waals surface area (Å²) in [5.74, 6) is -0.151. The van der Waals surface area contributed by atoms with Crippen LogP contribution in [0.2, 0.25) is 0 Å². The molecule has 0 bridgehead atoms. The maximum absolute atomic E-state index is 11.8. The molecule has 4 N–H and O–H groups in total. The molecule has 0 aromatic heterocycles. The first-order valence-corrected chi connectivity index (χ1v) is 7.16. The lowest BCUT2D eigenvalue weighted by Gasteiger charge is -2.20. The van der Waals surface area contributed by atoms with Crippen molar-refractivity contribution in [3.8, 4) is 0 Å². The molecule has 0 aliphatic heterocycles. The van der Waals surface area contributed by atoms with Crippen molar-refractivity contribution < 1.29 is 14.6 Å².